The van der Waals surface area contributed by atoms with Crippen LogP contribution in [-0.4, -0.2) is 22.8 Å². The number of aryl methyl sites for hydroxylation is 1. The summed E-state index contributed by atoms with van der Waals surface area (Å²) in [4.78, 5) is 25.5. The number of rotatable bonds is 5. The summed E-state index contributed by atoms with van der Waals surface area (Å²) in [6.45, 7) is 2.01. The molecule has 2 aromatic heterocycles. The van der Waals surface area contributed by atoms with Crippen molar-refractivity contribution in [3.8, 4) is 5.75 Å². The molecule has 0 spiro atoms. The fourth-order valence-electron chi connectivity index (χ4n) is 3.29. The molecule has 2 heterocycles. The Hall–Kier alpha value is -2.71. The molecule has 6 nitrogen and oxygen atoms in total. The lowest BCUT2D eigenvalue weighted by molar-refractivity contribution is -0.122. The van der Waals surface area contributed by atoms with Crippen molar-refractivity contribution in [2.24, 2.45) is 0 Å². The normalized spacial score (nSPS) is 11.1. The number of aromatic nitrogens is 2. The molecule has 0 saturated heterocycles. The van der Waals surface area contributed by atoms with Gasteiger partial charge in [0.05, 0.1) is 22.9 Å². The summed E-state index contributed by atoms with van der Waals surface area (Å²) in [6, 6.07) is 13.4. The number of amides is 1. The molecule has 4 rings (SSSR count). The zero-order valence-corrected chi connectivity index (χ0v) is 18.3. The van der Waals surface area contributed by atoms with Crippen LogP contribution < -0.4 is 15.6 Å². The zero-order valence-electron chi connectivity index (χ0n) is 15.9. The van der Waals surface area contributed by atoms with E-state index in [0.29, 0.717) is 17.7 Å². The Labute approximate surface area is 179 Å². The van der Waals surface area contributed by atoms with Crippen molar-refractivity contribution in [3.05, 3.63) is 68.5 Å². The first kappa shape index (κ1) is 19.6. The van der Waals surface area contributed by atoms with E-state index in [1.165, 1.54) is 4.68 Å². The smallest absolute Gasteiger partial charge is 0.276 e. The van der Waals surface area contributed by atoms with E-state index in [4.69, 9.17) is 4.74 Å². The minimum absolute atomic E-state index is 0.143. The molecule has 1 amide bonds. The second-order valence-electron chi connectivity index (χ2n) is 6.58. The van der Waals surface area contributed by atoms with Gasteiger partial charge < -0.3 is 10.1 Å². The number of benzene rings is 2. The Balaban J connectivity index is 1.60. The number of halogens is 1. The quantitative estimate of drug-likeness (QED) is 0.477. The second-order valence-corrected chi connectivity index (χ2v) is 8.55. The van der Waals surface area contributed by atoms with Gasteiger partial charge in [0.25, 0.3) is 5.56 Å². The average molecular weight is 472 g/mol. The van der Waals surface area contributed by atoms with Crippen LogP contribution >= 0.6 is 27.3 Å². The largest absolute Gasteiger partial charge is 0.496 e. The summed E-state index contributed by atoms with van der Waals surface area (Å²) in [5.74, 6) is 0.394. The van der Waals surface area contributed by atoms with Gasteiger partial charge in [-0.1, -0.05) is 34.1 Å². The van der Waals surface area contributed by atoms with Gasteiger partial charge in [-0.05, 0) is 31.2 Å². The fourth-order valence-corrected chi connectivity index (χ4v) is 4.83. The molecule has 2 aromatic carbocycles. The van der Waals surface area contributed by atoms with Crippen LogP contribution in [0.15, 0.2) is 51.7 Å². The molecule has 0 radical (unpaired) electrons. The van der Waals surface area contributed by atoms with Crippen molar-refractivity contribution in [1.82, 2.24) is 15.1 Å². The molecule has 0 saturated carbocycles. The van der Waals surface area contributed by atoms with Crippen molar-refractivity contribution in [2.45, 2.75) is 20.0 Å². The van der Waals surface area contributed by atoms with Crippen molar-refractivity contribution >= 4 is 53.3 Å². The summed E-state index contributed by atoms with van der Waals surface area (Å²) < 4.78 is 9.37. The maximum Gasteiger partial charge on any atom is 0.276 e. The third kappa shape index (κ3) is 3.77. The molecule has 29 heavy (non-hydrogen) atoms. The number of hydrogen-bond donors (Lipinski definition) is 1. The van der Waals surface area contributed by atoms with E-state index in [2.05, 4.69) is 26.3 Å². The zero-order chi connectivity index (χ0) is 20.5. The third-order valence-corrected chi connectivity index (χ3v) is 6.43. The summed E-state index contributed by atoms with van der Waals surface area (Å²) in [6.07, 6.45) is 0. The molecule has 148 valence electrons. The highest BCUT2D eigenvalue weighted by molar-refractivity contribution is 9.10. The Bertz CT molecular complexity index is 1300. The molecule has 0 aliphatic rings. The maximum absolute atomic E-state index is 13.0. The third-order valence-electron chi connectivity index (χ3n) is 4.65. The lowest BCUT2D eigenvalue weighted by Crippen LogP contribution is -2.33. The van der Waals surface area contributed by atoms with Crippen molar-refractivity contribution in [3.63, 3.8) is 0 Å². The predicted molar refractivity (Wildman–Crippen MR) is 119 cm³/mol. The summed E-state index contributed by atoms with van der Waals surface area (Å²) in [7, 11) is 1.58. The van der Waals surface area contributed by atoms with Gasteiger partial charge in [0.15, 0.2) is 0 Å². The van der Waals surface area contributed by atoms with E-state index in [9.17, 15) is 9.59 Å². The number of methoxy groups -OCH3 is 1. The Kier molecular flexibility index (Phi) is 5.38. The van der Waals surface area contributed by atoms with E-state index >= 15 is 0 Å². The van der Waals surface area contributed by atoms with Crippen molar-refractivity contribution < 1.29 is 9.53 Å². The van der Waals surface area contributed by atoms with E-state index < -0.39 is 0 Å². The SMILES string of the molecule is COc1ccc(Br)cc1CNC(=O)Cn1nc(C)c2sc3ccccc3c2c1=O. The average Bonchev–Trinajstić information content (AvgIpc) is 3.11. The van der Waals surface area contributed by atoms with Crippen molar-refractivity contribution in [2.75, 3.05) is 7.11 Å². The minimum Gasteiger partial charge on any atom is -0.496 e. The van der Waals surface area contributed by atoms with Gasteiger partial charge in [-0.3, -0.25) is 9.59 Å². The standard InChI is InChI=1S/C21H18BrN3O3S/c1-12-20-19(15-5-3-4-6-17(15)29-20)21(27)25(24-12)11-18(26)23-10-13-9-14(22)7-8-16(13)28-2/h3-9H,10-11H2,1-2H3,(H,23,26). The number of carbonyl (C=O) groups is 1. The highest BCUT2D eigenvalue weighted by atomic mass is 79.9. The van der Waals surface area contributed by atoms with E-state index in [0.717, 1.165) is 30.5 Å². The molecular weight excluding hydrogens is 454 g/mol. The number of carbonyl (C=O) groups excluding carboxylic acids is 1. The van der Waals surface area contributed by atoms with Crippen LogP contribution in [0.25, 0.3) is 20.2 Å². The molecule has 0 aliphatic carbocycles. The first-order valence-electron chi connectivity index (χ1n) is 8.96. The summed E-state index contributed by atoms with van der Waals surface area (Å²) in [5, 5.41) is 8.72. The predicted octanol–water partition coefficient (Wildman–Crippen LogP) is 4.01. The number of nitrogens with zero attached hydrogens (tertiary/aromatic N) is 2. The lowest BCUT2D eigenvalue weighted by atomic mass is 10.2. The van der Waals surface area contributed by atoms with E-state index in [1.807, 2.05) is 49.4 Å². The molecule has 1 N–H and O–H groups in total. The van der Waals surface area contributed by atoms with Crippen LogP contribution in [0.1, 0.15) is 11.3 Å². The minimum atomic E-state index is -0.292. The van der Waals surface area contributed by atoms with E-state index in [1.54, 1.807) is 18.4 Å². The lowest BCUT2D eigenvalue weighted by Gasteiger charge is -2.11. The van der Waals surface area contributed by atoms with Gasteiger partial charge in [-0.2, -0.15) is 5.10 Å². The van der Waals surface area contributed by atoms with Crippen LogP contribution in [0.5, 0.6) is 5.75 Å². The molecule has 0 atom stereocenters. The summed E-state index contributed by atoms with van der Waals surface area (Å²) >= 11 is 4.97. The molecule has 8 heteroatoms. The molecule has 4 aromatic rings. The van der Waals surface area contributed by atoms with Gasteiger partial charge in [0.2, 0.25) is 5.91 Å². The number of thiophene rings is 1. The molecule has 0 aliphatic heterocycles. The number of fused-ring (bicyclic) bond motifs is 3. The van der Waals surface area contributed by atoms with Gasteiger partial charge in [-0.25, -0.2) is 4.68 Å². The number of nitrogens with one attached hydrogen (secondary N) is 1. The molecule has 0 unspecified atom stereocenters. The second kappa shape index (κ2) is 7.96. The first-order valence-corrected chi connectivity index (χ1v) is 10.6. The Morgan fingerprint density at radius 1 is 1.28 bits per heavy atom. The number of hydrogen-bond acceptors (Lipinski definition) is 5. The highest BCUT2D eigenvalue weighted by Gasteiger charge is 2.16. The van der Waals surface area contributed by atoms with Crippen molar-refractivity contribution in [1.29, 1.82) is 0 Å². The first-order chi connectivity index (χ1) is 14.0. The fraction of sp³-hybridized carbons (Fsp3) is 0.190. The van der Waals surface area contributed by atoms with E-state index in [-0.39, 0.29) is 18.0 Å². The van der Waals surface area contributed by atoms with Crippen LogP contribution in [0.2, 0.25) is 0 Å². The Morgan fingerprint density at radius 3 is 2.86 bits per heavy atom. The topological polar surface area (TPSA) is 73.2 Å². The van der Waals surface area contributed by atoms with Crippen LogP contribution in [-0.2, 0) is 17.9 Å². The van der Waals surface area contributed by atoms with Gasteiger partial charge in [0.1, 0.15) is 12.3 Å². The summed E-state index contributed by atoms with van der Waals surface area (Å²) in [5.41, 5.74) is 1.33. The maximum atomic E-state index is 13.0. The van der Waals surface area contributed by atoms with Gasteiger partial charge >= 0.3 is 0 Å². The molecule has 0 fully saturated rings. The molecule has 0 bridgehead atoms. The Morgan fingerprint density at radius 2 is 2.07 bits per heavy atom. The van der Waals surface area contributed by atoms with Crippen LogP contribution in [0.3, 0.4) is 0 Å². The monoisotopic (exact) mass is 471 g/mol. The van der Waals surface area contributed by atoms with Crippen LogP contribution in [0, 0.1) is 6.92 Å². The van der Waals surface area contributed by atoms with Gasteiger partial charge in [-0.15, -0.1) is 11.3 Å². The van der Waals surface area contributed by atoms with Gasteiger partial charge in [0, 0.05) is 26.7 Å². The highest BCUT2D eigenvalue weighted by Crippen LogP contribution is 2.32. The molecular formula is C21H18BrN3O3S. The van der Waals surface area contributed by atoms with Crippen LogP contribution in [0.4, 0.5) is 0 Å². The number of ether oxygens (including phenoxy) is 1.